The first-order valence-electron chi connectivity index (χ1n) is 17.1. The fourth-order valence-electron chi connectivity index (χ4n) is 7.66. The molecule has 10 heteroatoms. The molecule has 2 aliphatic heterocycles. The zero-order valence-electron chi connectivity index (χ0n) is 28.6. The average molecular weight is 664 g/mol. The van der Waals surface area contributed by atoms with Gasteiger partial charge in [0.1, 0.15) is 5.76 Å². The summed E-state index contributed by atoms with van der Waals surface area (Å²) in [5, 5.41) is 0. The van der Waals surface area contributed by atoms with Gasteiger partial charge in [-0.3, -0.25) is 4.79 Å². The molecule has 256 valence electrons. The number of benzene rings is 3. The molecular weight excluding hydrogens is 618 g/mol. The predicted molar refractivity (Wildman–Crippen MR) is 190 cm³/mol. The number of carbonyl (C=O) groups is 1. The number of carbonyl (C=O) groups excluding carboxylic acids is 1. The first-order valence-corrected chi connectivity index (χ1v) is 17.1. The van der Waals surface area contributed by atoms with Crippen molar-refractivity contribution in [2.75, 3.05) is 59.0 Å². The maximum absolute atomic E-state index is 13.9. The molecular formula is C39H45N5O5. The molecule has 49 heavy (non-hydrogen) atoms. The maximum Gasteiger partial charge on any atom is 0.254 e. The normalized spacial score (nSPS) is 18.6. The summed E-state index contributed by atoms with van der Waals surface area (Å²) in [7, 11) is 4.71. The van der Waals surface area contributed by atoms with Crippen LogP contribution in [-0.4, -0.2) is 85.8 Å². The Hall–Kier alpha value is -4.96. The molecule has 10 nitrogen and oxygen atoms in total. The van der Waals surface area contributed by atoms with Crippen molar-refractivity contribution in [1.29, 1.82) is 0 Å². The van der Waals surface area contributed by atoms with Crippen LogP contribution < -0.4 is 19.1 Å². The molecule has 2 aromatic heterocycles. The number of H-pyrrole nitrogens is 1. The van der Waals surface area contributed by atoms with Crippen molar-refractivity contribution in [2.45, 2.75) is 43.7 Å². The minimum absolute atomic E-state index is 0.0277. The fraction of sp³-hybridized carbons (Fsp3) is 0.385. The number of imidazole rings is 1. The van der Waals surface area contributed by atoms with Crippen LogP contribution in [-0.2, 0) is 12.0 Å². The van der Waals surface area contributed by atoms with Crippen molar-refractivity contribution >= 4 is 22.9 Å². The fourth-order valence-corrected chi connectivity index (χ4v) is 7.66. The smallest absolute Gasteiger partial charge is 0.254 e. The minimum Gasteiger partial charge on any atom is -0.493 e. The number of nitrogens with one attached hydrogen (secondary N) is 1. The van der Waals surface area contributed by atoms with Crippen molar-refractivity contribution in [3.8, 4) is 17.2 Å². The highest BCUT2D eigenvalue weighted by Gasteiger charge is 2.42. The Morgan fingerprint density at radius 3 is 2.35 bits per heavy atom. The number of methoxy groups -OCH3 is 3. The molecule has 0 spiro atoms. The third kappa shape index (κ3) is 6.70. The minimum atomic E-state index is -0.131. The lowest BCUT2D eigenvalue weighted by Gasteiger charge is -2.39. The van der Waals surface area contributed by atoms with Crippen molar-refractivity contribution < 1.29 is 23.4 Å². The van der Waals surface area contributed by atoms with Gasteiger partial charge in [0.15, 0.2) is 11.5 Å². The Labute approximate surface area is 287 Å². The topological polar surface area (TPSA) is 96.3 Å². The summed E-state index contributed by atoms with van der Waals surface area (Å²) in [6.45, 7) is 4.98. The Balaban J connectivity index is 1.04. The summed E-state index contributed by atoms with van der Waals surface area (Å²) < 4.78 is 22.3. The van der Waals surface area contributed by atoms with Gasteiger partial charge < -0.3 is 38.3 Å². The van der Waals surface area contributed by atoms with Crippen molar-refractivity contribution in [3.63, 3.8) is 0 Å². The average Bonchev–Trinajstić information content (AvgIpc) is 3.93. The number of ether oxygens (including phenoxy) is 3. The summed E-state index contributed by atoms with van der Waals surface area (Å²) in [6.07, 6.45) is 5.68. The first kappa shape index (κ1) is 32.6. The number of aromatic nitrogens is 2. The lowest BCUT2D eigenvalue weighted by molar-refractivity contribution is 0.0779. The van der Waals surface area contributed by atoms with Crippen LogP contribution in [0.1, 0.15) is 47.4 Å². The summed E-state index contributed by atoms with van der Waals surface area (Å²) in [6, 6.07) is 26.7. The van der Waals surface area contributed by atoms with Gasteiger partial charge in [-0.2, -0.15) is 0 Å². The van der Waals surface area contributed by atoms with Crippen LogP contribution >= 0.6 is 0 Å². The lowest BCUT2D eigenvalue weighted by Crippen LogP contribution is -2.46. The molecule has 0 radical (unpaired) electrons. The van der Waals surface area contributed by atoms with Crippen LogP contribution in [0.5, 0.6) is 17.2 Å². The summed E-state index contributed by atoms with van der Waals surface area (Å²) in [4.78, 5) is 29.4. The molecule has 7 rings (SSSR count). The van der Waals surface area contributed by atoms with Crippen LogP contribution in [0.15, 0.2) is 89.5 Å². The van der Waals surface area contributed by atoms with Crippen LogP contribution in [0, 0.1) is 0 Å². The van der Waals surface area contributed by atoms with E-state index < -0.39 is 0 Å². The molecule has 1 N–H and O–H groups in total. The second-order valence-corrected chi connectivity index (χ2v) is 13.1. The number of hydrogen-bond acceptors (Lipinski definition) is 8. The quantitative estimate of drug-likeness (QED) is 0.161. The number of nitrogens with zero attached hydrogens (tertiary/aromatic N) is 4. The van der Waals surface area contributed by atoms with E-state index in [1.165, 1.54) is 5.56 Å². The largest absolute Gasteiger partial charge is 0.493 e. The number of furan rings is 1. The second-order valence-electron chi connectivity index (χ2n) is 13.1. The molecule has 5 aromatic rings. The van der Waals surface area contributed by atoms with E-state index in [1.807, 2.05) is 35.2 Å². The van der Waals surface area contributed by atoms with E-state index >= 15 is 0 Å². The molecule has 0 bridgehead atoms. The predicted octanol–water partition coefficient (Wildman–Crippen LogP) is 6.53. The molecule has 1 amide bonds. The van der Waals surface area contributed by atoms with Gasteiger partial charge in [-0.25, -0.2) is 4.98 Å². The Morgan fingerprint density at radius 2 is 1.67 bits per heavy atom. The molecule has 2 fully saturated rings. The van der Waals surface area contributed by atoms with Crippen LogP contribution in [0.25, 0.3) is 11.0 Å². The van der Waals surface area contributed by atoms with Gasteiger partial charge in [0.2, 0.25) is 11.7 Å². The molecule has 2 saturated heterocycles. The SMILES string of the molecule is COc1cc(C(=O)N2CCC(CCN3CCC(N(Cc4ccco4)c4nc5ccccc5[nH]4)CC3)(c3ccccc3)C2)cc(OC)c1OC. The maximum atomic E-state index is 13.9. The lowest BCUT2D eigenvalue weighted by atomic mass is 9.76. The van der Waals surface area contributed by atoms with Gasteiger partial charge >= 0.3 is 0 Å². The number of aromatic amines is 1. The molecule has 1 unspecified atom stereocenters. The van der Waals surface area contributed by atoms with Gasteiger partial charge in [-0.1, -0.05) is 42.5 Å². The van der Waals surface area contributed by atoms with Crippen molar-refractivity contribution in [2.24, 2.45) is 0 Å². The third-order valence-electron chi connectivity index (χ3n) is 10.4. The van der Waals surface area contributed by atoms with Crippen molar-refractivity contribution in [1.82, 2.24) is 19.8 Å². The number of amides is 1. The van der Waals surface area contributed by atoms with Crippen LogP contribution in [0.2, 0.25) is 0 Å². The van der Waals surface area contributed by atoms with Crippen LogP contribution in [0.4, 0.5) is 5.95 Å². The van der Waals surface area contributed by atoms with E-state index in [0.717, 1.165) is 68.1 Å². The molecule has 0 saturated carbocycles. The second kappa shape index (κ2) is 14.3. The van der Waals surface area contributed by atoms with Crippen molar-refractivity contribution in [3.05, 3.63) is 102 Å². The first-order chi connectivity index (χ1) is 24.0. The Kier molecular flexibility index (Phi) is 9.48. The number of likely N-dealkylation sites (tertiary alicyclic amines) is 2. The standard InChI is InChI=1S/C39H45N5O5/c1-46-34-24-28(25-35(47-2)36(34)48-3)37(45)43-22-18-39(27-43,29-10-5-4-6-11-29)17-21-42-19-15-30(16-20-42)44(26-31-12-9-23-49-31)38-40-32-13-7-8-14-33(32)41-38/h4-14,23-25,30H,15-22,26-27H2,1-3H3,(H,40,41). The zero-order chi connectivity index (χ0) is 33.8. The number of piperidine rings is 1. The monoisotopic (exact) mass is 663 g/mol. The van der Waals surface area contributed by atoms with E-state index in [1.54, 1.807) is 39.7 Å². The highest BCUT2D eigenvalue weighted by Crippen LogP contribution is 2.41. The number of para-hydroxylation sites is 2. The van der Waals surface area contributed by atoms with E-state index in [4.69, 9.17) is 23.6 Å². The van der Waals surface area contributed by atoms with E-state index in [9.17, 15) is 4.79 Å². The zero-order valence-corrected chi connectivity index (χ0v) is 28.6. The van der Waals surface area contributed by atoms with Gasteiger partial charge in [0.05, 0.1) is 45.2 Å². The summed E-state index contributed by atoms with van der Waals surface area (Å²) in [5.74, 6) is 3.23. The Bertz CT molecular complexity index is 1790. The number of hydrogen-bond donors (Lipinski definition) is 1. The van der Waals surface area contributed by atoms with Gasteiger partial charge in [-0.05, 0) is 74.2 Å². The summed E-state index contributed by atoms with van der Waals surface area (Å²) >= 11 is 0. The highest BCUT2D eigenvalue weighted by molar-refractivity contribution is 5.96. The Morgan fingerprint density at radius 1 is 0.939 bits per heavy atom. The molecule has 1 atom stereocenters. The van der Waals surface area contributed by atoms with E-state index in [2.05, 4.69) is 51.2 Å². The molecule has 3 aromatic carbocycles. The number of rotatable bonds is 12. The number of fused-ring (bicyclic) bond motifs is 1. The highest BCUT2D eigenvalue weighted by atomic mass is 16.5. The summed E-state index contributed by atoms with van der Waals surface area (Å²) in [5.41, 5.74) is 3.71. The molecule has 2 aliphatic rings. The van der Waals surface area contributed by atoms with Gasteiger partial charge in [0, 0.05) is 43.2 Å². The van der Waals surface area contributed by atoms with Gasteiger partial charge in [0.25, 0.3) is 5.91 Å². The van der Waals surface area contributed by atoms with E-state index in [-0.39, 0.29) is 11.3 Å². The number of anilines is 1. The van der Waals surface area contributed by atoms with E-state index in [0.29, 0.717) is 48.5 Å². The van der Waals surface area contributed by atoms with Crippen LogP contribution in [0.3, 0.4) is 0 Å². The molecule has 0 aliphatic carbocycles. The molecule has 4 heterocycles. The van der Waals surface area contributed by atoms with Gasteiger partial charge in [-0.15, -0.1) is 0 Å². The third-order valence-corrected chi connectivity index (χ3v) is 10.4.